The van der Waals surface area contributed by atoms with Crippen molar-refractivity contribution >= 4 is 17.3 Å². The third-order valence-corrected chi connectivity index (χ3v) is 4.76. The van der Waals surface area contributed by atoms with Gasteiger partial charge in [-0.25, -0.2) is 0 Å². The monoisotopic (exact) mass is 329 g/mol. The van der Waals surface area contributed by atoms with Crippen molar-refractivity contribution in [3.63, 3.8) is 0 Å². The molecule has 3 rings (SSSR count). The van der Waals surface area contributed by atoms with Gasteiger partial charge in [0.05, 0.1) is 6.10 Å². The molecule has 0 unspecified atom stereocenters. The molecule has 1 aliphatic rings. The minimum Gasteiger partial charge on any atom is -0.490 e. The largest absolute Gasteiger partial charge is 0.490 e. The lowest BCUT2D eigenvalue weighted by atomic mass is 9.96. The van der Waals surface area contributed by atoms with Crippen LogP contribution in [0.2, 0.25) is 0 Å². The second kappa shape index (κ2) is 8.02. The van der Waals surface area contributed by atoms with Gasteiger partial charge in [-0.15, -0.1) is 0 Å². The van der Waals surface area contributed by atoms with Crippen LogP contribution in [-0.2, 0) is 13.1 Å². The lowest BCUT2D eigenvalue weighted by Crippen LogP contribution is -2.36. The van der Waals surface area contributed by atoms with Gasteiger partial charge in [0.15, 0.2) is 5.96 Å². The van der Waals surface area contributed by atoms with E-state index in [9.17, 15) is 0 Å². The zero-order valence-electron chi connectivity index (χ0n) is 13.4. The van der Waals surface area contributed by atoms with Crippen molar-refractivity contribution in [3.05, 3.63) is 52.2 Å². The summed E-state index contributed by atoms with van der Waals surface area (Å²) in [6, 6.07) is 10.4. The van der Waals surface area contributed by atoms with Crippen LogP contribution >= 0.6 is 11.3 Å². The Morgan fingerprint density at radius 3 is 2.74 bits per heavy atom. The van der Waals surface area contributed by atoms with Crippen molar-refractivity contribution in [1.29, 1.82) is 0 Å². The highest BCUT2D eigenvalue weighted by Gasteiger charge is 2.20. The van der Waals surface area contributed by atoms with E-state index in [1.165, 1.54) is 24.8 Å². The van der Waals surface area contributed by atoms with Crippen molar-refractivity contribution in [2.75, 3.05) is 7.05 Å². The molecule has 5 heteroatoms. The highest BCUT2D eigenvalue weighted by Crippen LogP contribution is 2.27. The minimum absolute atomic E-state index is 0.396. The molecular weight excluding hydrogens is 306 g/mol. The van der Waals surface area contributed by atoms with E-state index in [1.807, 2.05) is 12.1 Å². The molecule has 1 aromatic carbocycles. The first-order valence-corrected chi connectivity index (χ1v) is 8.99. The zero-order valence-corrected chi connectivity index (χ0v) is 14.2. The fourth-order valence-corrected chi connectivity index (χ4v) is 3.08. The van der Waals surface area contributed by atoms with E-state index in [0.29, 0.717) is 12.6 Å². The summed E-state index contributed by atoms with van der Waals surface area (Å²) in [6.45, 7) is 1.48. The van der Waals surface area contributed by atoms with Crippen molar-refractivity contribution < 1.29 is 4.74 Å². The lowest BCUT2D eigenvalue weighted by Gasteiger charge is -2.27. The van der Waals surface area contributed by atoms with Crippen LogP contribution in [0.3, 0.4) is 0 Å². The van der Waals surface area contributed by atoms with Gasteiger partial charge in [0, 0.05) is 25.7 Å². The van der Waals surface area contributed by atoms with E-state index in [0.717, 1.165) is 23.8 Å². The first kappa shape index (κ1) is 15.9. The lowest BCUT2D eigenvalue weighted by molar-refractivity contribution is 0.119. The maximum absolute atomic E-state index is 6.07. The van der Waals surface area contributed by atoms with E-state index >= 15 is 0 Å². The Morgan fingerprint density at radius 1 is 1.22 bits per heavy atom. The van der Waals surface area contributed by atoms with Crippen LogP contribution in [0.15, 0.2) is 46.1 Å². The molecule has 0 amide bonds. The van der Waals surface area contributed by atoms with Gasteiger partial charge in [-0.05, 0) is 47.7 Å². The second-order valence-electron chi connectivity index (χ2n) is 5.69. The van der Waals surface area contributed by atoms with E-state index in [4.69, 9.17) is 4.74 Å². The fraction of sp³-hybridized carbons (Fsp3) is 0.389. The van der Waals surface area contributed by atoms with Crippen LogP contribution in [0, 0.1) is 0 Å². The molecule has 122 valence electrons. The third kappa shape index (κ3) is 4.48. The number of thiophene rings is 1. The Morgan fingerprint density at radius 2 is 2.04 bits per heavy atom. The minimum atomic E-state index is 0.396. The van der Waals surface area contributed by atoms with Gasteiger partial charge in [-0.1, -0.05) is 18.2 Å². The Labute approximate surface area is 141 Å². The summed E-state index contributed by atoms with van der Waals surface area (Å²) in [7, 11) is 1.79. The highest BCUT2D eigenvalue weighted by atomic mass is 32.1. The number of hydrogen-bond donors (Lipinski definition) is 2. The molecular formula is C18H23N3OS. The number of benzene rings is 1. The molecule has 1 saturated carbocycles. The van der Waals surface area contributed by atoms with Crippen LogP contribution in [0.5, 0.6) is 5.75 Å². The highest BCUT2D eigenvalue weighted by molar-refractivity contribution is 7.07. The van der Waals surface area contributed by atoms with E-state index in [-0.39, 0.29) is 0 Å². The summed E-state index contributed by atoms with van der Waals surface area (Å²) >= 11 is 1.71. The van der Waals surface area contributed by atoms with E-state index in [2.05, 4.69) is 44.6 Å². The van der Waals surface area contributed by atoms with Crippen LogP contribution in [-0.4, -0.2) is 19.1 Å². The average Bonchev–Trinajstić information content (AvgIpc) is 3.05. The van der Waals surface area contributed by atoms with Crippen LogP contribution in [0.1, 0.15) is 30.4 Å². The number of ether oxygens (including phenoxy) is 1. The van der Waals surface area contributed by atoms with Crippen molar-refractivity contribution in [2.45, 2.75) is 38.5 Å². The average molecular weight is 329 g/mol. The molecule has 23 heavy (non-hydrogen) atoms. The SMILES string of the molecule is CN=C(NCc1ccsc1)NCc1ccccc1OC1CCC1. The fourth-order valence-electron chi connectivity index (χ4n) is 2.41. The molecule has 2 N–H and O–H groups in total. The molecule has 1 aromatic heterocycles. The first-order valence-electron chi connectivity index (χ1n) is 8.05. The molecule has 1 aliphatic carbocycles. The van der Waals surface area contributed by atoms with Gasteiger partial charge in [0.25, 0.3) is 0 Å². The molecule has 1 fully saturated rings. The number of para-hydroxylation sites is 1. The first-order chi connectivity index (χ1) is 11.3. The Bertz CT molecular complexity index is 635. The molecule has 0 radical (unpaired) electrons. The van der Waals surface area contributed by atoms with Gasteiger partial charge in [-0.3, -0.25) is 4.99 Å². The second-order valence-corrected chi connectivity index (χ2v) is 6.47. The summed E-state index contributed by atoms with van der Waals surface area (Å²) in [5.74, 6) is 1.78. The maximum Gasteiger partial charge on any atom is 0.191 e. The molecule has 0 atom stereocenters. The topological polar surface area (TPSA) is 45.7 Å². The zero-order chi connectivity index (χ0) is 15.9. The van der Waals surface area contributed by atoms with Crippen LogP contribution in [0.4, 0.5) is 0 Å². The molecule has 0 aliphatic heterocycles. The molecule has 4 nitrogen and oxygen atoms in total. The molecule has 2 aromatic rings. The van der Waals surface area contributed by atoms with E-state index in [1.54, 1.807) is 18.4 Å². The van der Waals surface area contributed by atoms with E-state index < -0.39 is 0 Å². The molecule has 0 spiro atoms. The van der Waals surface area contributed by atoms with Gasteiger partial charge >= 0.3 is 0 Å². The maximum atomic E-state index is 6.07. The smallest absolute Gasteiger partial charge is 0.191 e. The van der Waals surface area contributed by atoms with Gasteiger partial charge in [-0.2, -0.15) is 11.3 Å². The number of nitrogens with one attached hydrogen (secondary N) is 2. The Balaban J connectivity index is 1.53. The number of nitrogens with zero attached hydrogens (tertiary/aromatic N) is 1. The van der Waals surface area contributed by atoms with Gasteiger partial charge < -0.3 is 15.4 Å². The summed E-state index contributed by atoms with van der Waals surface area (Å²) in [5, 5.41) is 10.9. The Hall–Kier alpha value is -2.01. The van der Waals surface area contributed by atoms with Crippen molar-refractivity contribution in [3.8, 4) is 5.75 Å². The normalized spacial score (nSPS) is 15.1. The Kier molecular flexibility index (Phi) is 5.53. The summed E-state index contributed by atoms with van der Waals surface area (Å²) in [4.78, 5) is 4.28. The predicted octanol–water partition coefficient (Wildman–Crippen LogP) is 3.54. The van der Waals surface area contributed by atoms with Crippen molar-refractivity contribution in [1.82, 2.24) is 10.6 Å². The molecule has 0 bridgehead atoms. The van der Waals surface area contributed by atoms with Crippen molar-refractivity contribution in [2.24, 2.45) is 4.99 Å². The number of rotatable bonds is 6. The summed E-state index contributed by atoms with van der Waals surface area (Å²) < 4.78 is 6.07. The summed E-state index contributed by atoms with van der Waals surface area (Å²) in [5.41, 5.74) is 2.43. The third-order valence-electron chi connectivity index (χ3n) is 4.03. The number of aliphatic imine (C=N–C) groups is 1. The predicted molar refractivity (Wildman–Crippen MR) is 96.1 cm³/mol. The van der Waals surface area contributed by atoms with Gasteiger partial charge in [0.2, 0.25) is 0 Å². The standard InChI is InChI=1S/C18H23N3OS/c1-19-18(20-11-14-9-10-23-13-14)21-12-15-5-2-3-8-17(15)22-16-6-4-7-16/h2-3,5,8-10,13,16H,4,6-7,11-12H2,1H3,(H2,19,20,21). The molecule has 1 heterocycles. The van der Waals surface area contributed by atoms with Crippen LogP contribution < -0.4 is 15.4 Å². The summed E-state index contributed by atoms with van der Waals surface area (Å²) in [6.07, 6.45) is 4.02. The van der Waals surface area contributed by atoms with Crippen LogP contribution in [0.25, 0.3) is 0 Å². The van der Waals surface area contributed by atoms with Gasteiger partial charge in [0.1, 0.15) is 5.75 Å². The quantitative estimate of drug-likeness (QED) is 0.629. The molecule has 0 saturated heterocycles. The number of guanidine groups is 1. The number of hydrogen-bond acceptors (Lipinski definition) is 3.